The molecule has 0 radical (unpaired) electrons. The maximum absolute atomic E-state index is 12.3. The Morgan fingerprint density at radius 3 is 2.32 bits per heavy atom. The minimum atomic E-state index is -1.42. The summed E-state index contributed by atoms with van der Waals surface area (Å²) in [6.45, 7) is 6.93. The molecule has 0 saturated carbocycles. The zero-order valence-electron chi connectivity index (χ0n) is 13.6. The molecule has 0 bridgehead atoms. The molecule has 1 unspecified atom stereocenters. The quantitative estimate of drug-likeness (QED) is 0.514. The number of carbonyl (C=O) groups excluding carboxylic acids is 1. The van der Waals surface area contributed by atoms with Crippen molar-refractivity contribution in [1.29, 1.82) is 0 Å². The molecule has 0 amide bonds. The smallest absolute Gasteiger partial charge is 0.343 e. The summed E-state index contributed by atoms with van der Waals surface area (Å²) in [7, 11) is 0.548. The number of benzene rings is 2. The zero-order chi connectivity index (χ0) is 16.2. The van der Waals surface area contributed by atoms with Crippen molar-refractivity contribution in [3.63, 3.8) is 0 Å². The van der Waals surface area contributed by atoms with E-state index in [9.17, 15) is 4.79 Å². The van der Waals surface area contributed by atoms with Gasteiger partial charge >= 0.3 is 5.97 Å². The SMILES string of the molecule is CNC(c1cccc(C(=O)Oc2ccccc2)c1)[Si](C)(C)C. The van der Waals surface area contributed by atoms with Crippen molar-refractivity contribution < 1.29 is 9.53 Å². The fourth-order valence-electron chi connectivity index (χ4n) is 2.60. The Kier molecular flexibility index (Phi) is 5.16. The van der Waals surface area contributed by atoms with Gasteiger partial charge in [-0.1, -0.05) is 50.0 Å². The second kappa shape index (κ2) is 6.90. The minimum absolute atomic E-state index is 0.303. The molecule has 3 nitrogen and oxygen atoms in total. The van der Waals surface area contributed by atoms with E-state index in [2.05, 4.69) is 31.0 Å². The Labute approximate surface area is 133 Å². The van der Waals surface area contributed by atoms with Gasteiger partial charge in [-0.05, 0) is 36.9 Å². The van der Waals surface area contributed by atoms with Crippen LogP contribution in [0.2, 0.25) is 19.6 Å². The first-order chi connectivity index (χ1) is 10.4. The lowest BCUT2D eigenvalue weighted by atomic mass is 10.1. The highest BCUT2D eigenvalue weighted by atomic mass is 28.3. The Morgan fingerprint density at radius 2 is 1.73 bits per heavy atom. The summed E-state index contributed by atoms with van der Waals surface area (Å²) in [5, 5.41) is 3.38. The van der Waals surface area contributed by atoms with Crippen LogP contribution >= 0.6 is 0 Å². The lowest BCUT2D eigenvalue weighted by Crippen LogP contribution is -2.39. The summed E-state index contributed by atoms with van der Waals surface area (Å²) in [5.74, 6) is 0.242. The molecule has 0 heterocycles. The first-order valence-corrected chi connectivity index (χ1v) is 11.0. The molecule has 4 heteroatoms. The average Bonchev–Trinajstić information content (AvgIpc) is 2.48. The van der Waals surface area contributed by atoms with E-state index < -0.39 is 8.07 Å². The fraction of sp³-hybridized carbons (Fsp3) is 0.278. The average molecular weight is 313 g/mol. The molecule has 0 spiro atoms. The van der Waals surface area contributed by atoms with E-state index in [4.69, 9.17) is 4.74 Å². The molecule has 1 N–H and O–H groups in total. The van der Waals surface area contributed by atoms with Crippen LogP contribution in [0.4, 0.5) is 0 Å². The molecule has 1 atom stereocenters. The molecule has 0 aliphatic rings. The Morgan fingerprint density at radius 1 is 1.05 bits per heavy atom. The zero-order valence-corrected chi connectivity index (χ0v) is 14.6. The van der Waals surface area contributed by atoms with E-state index in [1.165, 1.54) is 0 Å². The van der Waals surface area contributed by atoms with Gasteiger partial charge in [0.2, 0.25) is 0 Å². The molecular formula is C18H23NO2Si. The van der Waals surface area contributed by atoms with Gasteiger partial charge in [0.15, 0.2) is 0 Å². The number of carbonyl (C=O) groups is 1. The second-order valence-corrected chi connectivity index (χ2v) is 11.7. The number of rotatable bonds is 5. The Hall–Kier alpha value is -1.91. The van der Waals surface area contributed by atoms with Crippen LogP contribution in [0.1, 0.15) is 21.6 Å². The summed E-state index contributed by atoms with van der Waals surface area (Å²) < 4.78 is 5.41. The van der Waals surface area contributed by atoms with Crippen LogP contribution in [0.5, 0.6) is 5.75 Å². The van der Waals surface area contributed by atoms with Gasteiger partial charge in [-0.25, -0.2) is 4.79 Å². The number of esters is 1. The third-order valence-electron chi connectivity index (χ3n) is 3.56. The highest BCUT2D eigenvalue weighted by molar-refractivity contribution is 6.77. The third kappa shape index (κ3) is 4.05. The molecule has 2 aromatic rings. The van der Waals surface area contributed by atoms with Crippen molar-refractivity contribution >= 4 is 14.0 Å². The van der Waals surface area contributed by atoms with Gasteiger partial charge in [-0.3, -0.25) is 0 Å². The number of nitrogens with one attached hydrogen (secondary N) is 1. The van der Waals surface area contributed by atoms with Gasteiger partial charge in [0.1, 0.15) is 5.75 Å². The van der Waals surface area contributed by atoms with Crippen LogP contribution in [0.15, 0.2) is 54.6 Å². The van der Waals surface area contributed by atoms with E-state index in [-0.39, 0.29) is 5.97 Å². The summed E-state index contributed by atoms with van der Waals surface area (Å²) in [4.78, 5) is 12.3. The van der Waals surface area contributed by atoms with Gasteiger partial charge in [-0.15, -0.1) is 0 Å². The molecule has 116 valence electrons. The summed E-state index contributed by atoms with van der Waals surface area (Å²) in [6.07, 6.45) is 0. The Balaban J connectivity index is 2.22. The van der Waals surface area contributed by atoms with E-state index in [1.807, 2.05) is 37.4 Å². The predicted octanol–water partition coefficient (Wildman–Crippen LogP) is 4.04. The number of ether oxygens (including phenoxy) is 1. The molecule has 0 aromatic heterocycles. The lowest BCUT2D eigenvalue weighted by molar-refractivity contribution is 0.0734. The van der Waals surface area contributed by atoms with E-state index >= 15 is 0 Å². The van der Waals surface area contributed by atoms with Crippen molar-refractivity contribution in [2.75, 3.05) is 7.05 Å². The van der Waals surface area contributed by atoms with E-state index in [0.29, 0.717) is 17.0 Å². The summed E-state index contributed by atoms with van der Waals surface area (Å²) in [6, 6.07) is 16.9. The lowest BCUT2D eigenvalue weighted by Gasteiger charge is -2.29. The van der Waals surface area contributed by atoms with Crippen molar-refractivity contribution in [3.05, 3.63) is 65.7 Å². The van der Waals surface area contributed by atoms with Crippen molar-refractivity contribution in [2.24, 2.45) is 0 Å². The topological polar surface area (TPSA) is 38.3 Å². The van der Waals surface area contributed by atoms with Gasteiger partial charge in [0.25, 0.3) is 0 Å². The van der Waals surface area contributed by atoms with Gasteiger partial charge in [0, 0.05) is 5.67 Å². The van der Waals surface area contributed by atoms with Gasteiger partial charge in [-0.2, -0.15) is 0 Å². The Bertz CT molecular complexity index is 635. The van der Waals surface area contributed by atoms with Gasteiger partial charge in [0.05, 0.1) is 13.6 Å². The van der Waals surface area contributed by atoms with Crippen molar-refractivity contribution in [2.45, 2.75) is 25.3 Å². The molecule has 22 heavy (non-hydrogen) atoms. The van der Waals surface area contributed by atoms with Crippen LogP contribution < -0.4 is 10.1 Å². The third-order valence-corrected chi connectivity index (χ3v) is 5.92. The molecule has 0 saturated heterocycles. The molecule has 2 aromatic carbocycles. The van der Waals surface area contributed by atoms with Crippen LogP contribution in [0, 0.1) is 0 Å². The summed E-state index contributed by atoms with van der Waals surface area (Å²) in [5.41, 5.74) is 2.03. The maximum atomic E-state index is 12.3. The molecule has 2 rings (SSSR count). The summed E-state index contributed by atoms with van der Waals surface area (Å²) >= 11 is 0. The van der Waals surface area contributed by atoms with Crippen LogP contribution in [0.25, 0.3) is 0 Å². The maximum Gasteiger partial charge on any atom is 0.343 e. The minimum Gasteiger partial charge on any atom is -0.423 e. The first kappa shape index (κ1) is 16.5. The highest BCUT2D eigenvalue weighted by Gasteiger charge is 2.27. The molecule has 0 aliphatic heterocycles. The highest BCUT2D eigenvalue weighted by Crippen LogP contribution is 2.25. The molecule has 0 aliphatic carbocycles. The monoisotopic (exact) mass is 313 g/mol. The largest absolute Gasteiger partial charge is 0.423 e. The van der Waals surface area contributed by atoms with Crippen LogP contribution in [-0.4, -0.2) is 21.1 Å². The van der Waals surface area contributed by atoms with Crippen molar-refractivity contribution in [3.8, 4) is 5.75 Å². The number of hydrogen-bond donors (Lipinski definition) is 1. The normalized spacial score (nSPS) is 12.7. The van der Waals surface area contributed by atoms with Crippen LogP contribution in [-0.2, 0) is 0 Å². The fourth-order valence-corrected chi connectivity index (χ4v) is 4.64. The van der Waals surface area contributed by atoms with Crippen LogP contribution in [0.3, 0.4) is 0 Å². The first-order valence-electron chi connectivity index (χ1n) is 7.46. The van der Waals surface area contributed by atoms with E-state index in [0.717, 1.165) is 5.56 Å². The standard InChI is InChI=1S/C18H23NO2Si/c1-19-17(22(2,3)4)14-9-8-10-15(13-14)18(20)21-16-11-6-5-7-12-16/h5-13,17,19H,1-4H3. The van der Waals surface area contributed by atoms with Crippen molar-refractivity contribution in [1.82, 2.24) is 5.32 Å². The van der Waals surface area contributed by atoms with E-state index in [1.54, 1.807) is 18.2 Å². The second-order valence-electron chi connectivity index (χ2n) is 6.42. The molecular weight excluding hydrogens is 290 g/mol. The number of para-hydroxylation sites is 1. The predicted molar refractivity (Wildman–Crippen MR) is 93.0 cm³/mol. The van der Waals surface area contributed by atoms with Gasteiger partial charge < -0.3 is 10.1 Å². The molecule has 0 fully saturated rings. The number of hydrogen-bond acceptors (Lipinski definition) is 3.